The first-order valence-electron chi connectivity index (χ1n) is 11.2. The van der Waals surface area contributed by atoms with Crippen LogP contribution in [0, 0.1) is 0 Å². The van der Waals surface area contributed by atoms with Crippen molar-refractivity contribution >= 4 is 24.4 Å². The van der Waals surface area contributed by atoms with Gasteiger partial charge in [0, 0.05) is 43.0 Å². The van der Waals surface area contributed by atoms with E-state index >= 15 is 0 Å². The van der Waals surface area contributed by atoms with Crippen molar-refractivity contribution in [2.24, 2.45) is 0 Å². The normalized spacial score (nSPS) is 24.3. The van der Waals surface area contributed by atoms with E-state index in [2.05, 4.69) is 14.9 Å². The van der Waals surface area contributed by atoms with E-state index in [9.17, 15) is 9.90 Å². The number of amides is 1. The second-order valence-electron chi connectivity index (χ2n) is 9.80. The number of nitrogens with zero attached hydrogens (tertiary/aromatic N) is 4. The number of hydrogen-bond donors (Lipinski definition) is 2. The predicted molar refractivity (Wildman–Crippen MR) is 116 cm³/mol. The van der Waals surface area contributed by atoms with Crippen molar-refractivity contribution in [3.63, 3.8) is 0 Å². The van der Waals surface area contributed by atoms with Crippen LogP contribution in [0.5, 0.6) is 0 Å². The van der Waals surface area contributed by atoms with Crippen molar-refractivity contribution in [3.05, 3.63) is 12.4 Å². The number of aromatic nitrogens is 2. The van der Waals surface area contributed by atoms with Crippen molar-refractivity contribution in [1.82, 2.24) is 14.9 Å². The molecule has 1 atom stereocenters. The number of carbonyl (C=O) groups excluding carboxylic acids is 1. The third kappa shape index (κ3) is 4.44. The lowest BCUT2D eigenvalue weighted by Crippen LogP contribution is -2.51. The molecule has 0 radical (unpaired) electrons. The van der Waals surface area contributed by atoms with E-state index < -0.39 is 36.9 Å². The summed E-state index contributed by atoms with van der Waals surface area (Å²) in [6.07, 6.45) is 6.04. The van der Waals surface area contributed by atoms with E-state index in [0.717, 1.165) is 31.1 Å². The molecule has 10 heteroatoms. The minimum Gasteiger partial charge on any atom is -0.399 e. The topological polar surface area (TPSA) is 108 Å². The molecule has 4 rings (SSSR count). The van der Waals surface area contributed by atoms with Crippen molar-refractivity contribution < 1.29 is 24.3 Å². The van der Waals surface area contributed by atoms with Crippen LogP contribution in [0.4, 0.5) is 5.95 Å². The van der Waals surface area contributed by atoms with Crippen molar-refractivity contribution in [3.8, 4) is 0 Å². The number of piperidine rings is 1. The number of hydrogen-bond acceptors (Lipinski definition) is 8. The van der Waals surface area contributed by atoms with Crippen molar-refractivity contribution in [2.45, 2.75) is 82.8 Å². The summed E-state index contributed by atoms with van der Waals surface area (Å²) >= 11 is 0. The molecule has 3 aliphatic rings. The lowest BCUT2D eigenvalue weighted by Gasteiger charge is -2.39. The van der Waals surface area contributed by atoms with E-state index in [0.29, 0.717) is 25.1 Å². The summed E-state index contributed by atoms with van der Waals surface area (Å²) in [5, 5.41) is 18.6. The molecule has 9 nitrogen and oxygen atoms in total. The zero-order valence-electron chi connectivity index (χ0n) is 18.8. The summed E-state index contributed by atoms with van der Waals surface area (Å²) in [7, 11) is -0.486. The molecule has 0 aromatic carbocycles. The van der Waals surface area contributed by atoms with Crippen molar-refractivity contribution in [2.75, 3.05) is 24.6 Å². The van der Waals surface area contributed by atoms with Gasteiger partial charge in [-0.25, -0.2) is 9.97 Å². The van der Waals surface area contributed by atoms with Gasteiger partial charge in [0.05, 0.1) is 17.8 Å². The molecule has 0 unspecified atom stereocenters. The van der Waals surface area contributed by atoms with Gasteiger partial charge in [-0.2, -0.15) is 0 Å². The second-order valence-corrected chi connectivity index (χ2v) is 9.80. The average molecular weight is 432 g/mol. The summed E-state index contributed by atoms with van der Waals surface area (Å²) in [5.41, 5.74) is -0.0203. The lowest BCUT2D eigenvalue weighted by atomic mass is 9.81. The first-order chi connectivity index (χ1) is 14.6. The monoisotopic (exact) mass is 432 g/mol. The molecule has 1 aromatic rings. The van der Waals surface area contributed by atoms with Crippen LogP contribution in [0.3, 0.4) is 0 Å². The van der Waals surface area contributed by atoms with E-state index in [-0.39, 0.29) is 6.04 Å². The van der Waals surface area contributed by atoms with Crippen LogP contribution in [0.25, 0.3) is 0 Å². The van der Waals surface area contributed by atoms with Crippen LogP contribution in [-0.4, -0.2) is 87.2 Å². The molecule has 1 amide bonds. The minimum atomic E-state index is -1.33. The minimum absolute atomic E-state index is 0.241. The van der Waals surface area contributed by atoms with Gasteiger partial charge < -0.3 is 29.3 Å². The van der Waals surface area contributed by atoms with E-state index in [1.807, 2.05) is 27.7 Å². The highest BCUT2D eigenvalue weighted by atomic mass is 16.7. The standard InChI is InChI=1S/C21H33BN4O5/c1-20(2)21(3,4)31-22(30-20)14-11-23-19(24-12-14)26(15-5-6-15)16-7-9-25(10-8-16)18(29)17(28)13-27/h11-12,15-17,27-28H,5-10,13H2,1-4H3/t17-/m0/s1. The quantitative estimate of drug-likeness (QED) is 0.609. The number of aliphatic hydroxyl groups is 2. The molecule has 3 heterocycles. The Labute approximate surface area is 183 Å². The van der Waals surface area contributed by atoms with Crippen LogP contribution >= 0.6 is 0 Å². The van der Waals surface area contributed by atoms with Crippen LogP contribution in [0.1, 0.15) is 53.4 Å². The number of carbonyl (C=O) groups is 1. The Balaban J connectivity index is 1.43. The maximum atomic E-state index is 12.1. The Hall–Kier alpha value is -1.75. The Kier molecular flexibility index (Phi) is 6.02. The molecule has 1 aliphatic carbocycles. The number of rotatable bonds is 6. The molecular formula is C21H33BN4O5. The highest BCUT2D eigenvalue weighted by Gasteiger charge is 2.52. The maximum Gasteiger partial charge on any atom is 0.498 e. The van der Waals surface area contributed by atoms with Crippen LogP contribution in [-0.2, 0) is 14.1 Å². The maximum absolute atomic E-state index is 12.1. The SMILES string of the molecule is CC1(C)OB(c2cnc(N(C3CC3)C3CCN(C(=O)[C@@H](O)CO)CC3)nc2)OC1(C)C. The zero-order chi connectivity index (χ0) is 22.4. The van der Waals surface area contributed by atoms with E-state index in [1.54, 1.807) is 17.3 Å². The van der Waals surface area contributed by atoms with Gasteiger partial charge in [0.1, 0.15) is 0 Å². The Morgan fingerprint density at radius 1 is 1.13 bits per heavy atom. The van der Waals surface area contributed by atoms with Gasteiger partial charge >= 0.3 is 7.12 Å². The molecule has 1 aromatic heterocycles. The molecule has 2 aliphatic heterocycles. The smallest absolute Gasteiger partial charge is 0.399 e. The Morgan fingerprint density at radius 2 is 1.65 bits per heavy atom. The molecule has 170 valence electrons. The van der Waals surface area contributed by atoms with Gasteiger partial charge in [-0.1, -0.05) is 0 Å². The third-order valence-corrected chi connectivity index (χ3v) is 6.98. The van der Waals surface area contributed by atoms with Crippen LogP contribution in [0.15, 0.2) is 12.4 Å². The zero-order valence-corrected chi connectivity index (χ0v) is 18.8. The first kappa shape index (κ1) is 22.4. The molecule has 0 bridgehead atoms. The summed E-state index contributed by atoms with van der Waals surface area (Å²) in [6, 6.07) is 0.670. The molecular weight excluding hydrogens is 399 g/mol. The predicted octanol–water partition coefficient (Wildman–Crippen LogP) is 0.0888. The fourth-order valence-electron chi connectivity index (χ4n) is 4.20. The van der Waals surface area contributed by atoms with Crippen LogP contribution in [0.2, 0.25) is 0 Å². The number of anilines is 1. The van der Waals surface area contributed by atoms with Gasteiger partial charge in [0.15, 0.2) is 6.10 Å². The van der Waals surface area contributed by atoms with Gasteiger partial charge in [0.25, 0.3) is 5.91 Å². The summed E-state index contributed by atoms with van der Waals surface area (Å²) in [4.78, 5) is 25.4. The van der Waals surface area contributed by atoms with E-state index in [4.69, 9.17) is 14.4 Å². The fourth-order valence-corrected chi connectivity index (χ4v) is 4.20. The molecule has 0 spiro atoms. The lowest BCUT2D eigenvalue weighted by molar-refractivity contribution is -0.143. The highest BCUT2D eigenvalue weighted by Crippen LogP contribution is 2.37. The molecule has 31 heavy (non-hydrogen) atoms. The first-order valence-corrected chi connectivity index (χ1v) is 11.2. The Morgan fingerprint density at radius 3 is 2.13 bits per heavy atom. The van der Waals surface area contributed by atoms with Gasteiger partial charge in [-0.3, -0.25) is 4.79 Å². The van der Waals surface area contributed by atoms with Gasteiger partial charge in [0.2, 0.25) is 5.95 Å². The van der Waals surface area contributed by atoms with Crippen molar-refractivity contribution in [1.29, 1.82) is 0 Å². The largest absolute Gasteiger partial charge is 0.498 e. The summed E-state index contributed by atoms with van der Waals surface area (Å²) < 4.78 is 12.2. The Bertz CT molecular complexity index is 777. The third-order valence-electron chi connectivity index (χ3n) is 6.98. The molecule has 1 saturated carbocycles. The summed E-state index contributed by atoms with van der Waals surface area (Å²) in [6.45, 7) is 8.64. The highest BCUT2D eigenvalue weighted by molar-refractivity contribution is 6.61. The fraction of sp³-hybridized carbons (Fsp3) is 0.762. The number of likely N-dealkylation sites (tertiary alicyclic amines) is 1. The van der Waals surface area contributed by atoms with E-state index in [1.165, 1.54) is 0 Å². The second kappa shape index (κ2) is 8.31. The average Bonchev–Trinajstić information content (AvgIpc) is 3.54. The molecule has 2 saturated heterocycles. The molecule has 2 N–H and O–H groups in total. The van der Waals surface area contributed by atoms with Crippen LogP contribution < -0.4 is 10.4 Å². The van der Waals surface area contributed by atoms with Gasteiger partial charge in [-0.05, 0) is 53.4 Å². The number of aliphatic hydroxyl groups excluding tert-OH is 2. The van der Waals surface area contributed by atoms with Gasteiger partial charge in [-0.15, -0.1) is 0 Å². The summed E-state index contributed by atoms with van der Waals surface area (Å²) in [5.74, 6) is 0.296. The molecule has 3 fully saturated rings.